The summed E-state index contributed by atoms with van der Waals surface area (Å²) in [7, 11) is 0. The van der Waals surface area contributed by atoms with Gasteiger partial charge in [-0.25, -0.2) is 0 Å². The first kappa shape index (κ1) is 10.1. The van der Waals surface area contributed by atoms with Gasteiger partial charge in [0.25, 0.3) is 0 Å². The number of carboxylic acid groups (broad SMARTS) is 1. The molecule has 0 bridgehead atoms. The molecular weight excluding hydrogens is 190 g/mol. The fraction of sp³-hybridized carbons (Fsp3) is 0.500. The highest BCUT2D eigenvalue weighted by Crippen LogP contribution is 2.39. The smallest absolute Gasteiger partial charge is 0.303 e. The van der Waals surface area contributed by atoms with Crippen LogP contribution in [0, 0.1) is 5.92 Å². The van der Waals surface area contributed by atoms with E-state index < -0.39 is 5.97 Å². The Bertz CT molecular complexity index is 333. The number of carboxylic acids is 1. The third kappa shape index (κ3) is 3.05. The maximum absolute atomic E-state index is 10.8. The van der Waals surface area contributed by atoms with E-state index in [0.717, 1.165) is 17.9 Å². The molecule has 1 aliphatic carbocycles. The van der Waals surface area contributed by atoms with Crippen molar-refractivity contribution in [2.45, 2.75) is 31.6 Å². The Labute approximate surface area is 89.2 Å². The highest BCUT2D eigenvalue weighted by molar-refractivity contribution is 5.68. The van der Waals surface area contributed by atoms with Crippen LogP contribution in [0.3, 0.4) is 0 Å². The zero-order valence-corrected chi connectivity index (χ0v) is 8.60. The number of hydrogen-bond donors (Lipinski definition) is 1. The summed E-state index contributed by atoms with van der Waals surface area (Å²) in [4.78, 5) is 14.8. The lowest BCUT2D eigenvalue weighted by Gasteiger charge is -2.13. The van der Waals surface area contributed by atoms with Crippen LogP contribution >= 0.6 is 0 Å². The lowest BCUT2D eigenvalue weighted by molar-refractivity contribution is -0.137. The molecule has 15 heavy (non-hydrogen) atoms. The van der Waals surface area contributed by atoms with Gasteiger partial charge in [0, 0.05) is 12.4 Å². The predicted molar refractivity (Wildman–Crippen MR) is 56.6 cm³/mol. The van der Waals surface area contributed by atoms with Gasteiger partial charge in [0.15, 0.2) is 0 Å². The minimum absolute atomic E-state index is 0.142. The van der Waals surface area contributed by atoms with E-state index in [-0.39, 0.29) is 12.3 Å². The van der Waals surface area contributed by atoms with Crippen molar-refractivity contribution < 1.29 is 9.90 Å². The van der Waals surface area contributed by atoms with Crippen molar-refractivity contribution in [3.8, 4) is 0 Å². The second kappa shape index (κ2) is 4.43. The Morgan fingerprint density at radius 2 is 2.40 bits per heavy atom. The number of pyridine rings is 1. The number of hydrogen-bond acceptors (Lipinski definition) is 2. The third-order valence-electron chi connectivity index (χ3n) is 2.89. The molecule has 0 unspecified atom stereocenters. The Balaban J connectivity index is 2.06. The summed E-state index contributed by atoms with van der Waals surface area (Å²) >= 11 is 0. The van der Waals surface area contributed by atoms with E-state index in [1.165, 1.54) is 12.8 Å². The van der Waals surface area contributed by atoms with Crippen molar-refractivity contribution in [2.24, 2.45) is 5.92 Å². The predicted octanol–water partition coefficient (Wildman–Crippen LogP) is 2.44. The van der Waals surface area contributed by atoms with Crippen LogP contribution < -0.4 is 0 Å². The zero-order valence-electron chi connectivity index (χ0n) is 8.60. The monoisotopic (exact) mass is 205 g/mol. The van der Waals surface area contributed by atoms with Crippen molar-refractivity contribution in [1.82, 2.24) is 4.98 Å². The molecular formula is C12H15NO2. The van der Waals surface area contributed by atoms with Crippen LogP contribution in [0.25, 0.3) is 0 Å². The minimum atomic E-state index is -0.718. The lowest BCUT2D eigenvalue weighted by Crippen LogP contribution is -2.07. The van der Waals surface area contributed by atoms with Crippen LogP contribution in [-0.4, -0.2) is 16.1 Å². The molecule has 0 aliphatic heterocycles. The van der Waals surface area contributed by atoms with Gasteiger partial charge in [-0.3, -0.25) is 9.78 Å². The van der Waals surface area contributed by atoms with Crippen LogP contribution in [0.15, 0.2) is 24.5 Å². The van der Waals surface area contributed by atoms with E-state index in [1.54, 1.807) is 12.4 Å². The first-order chi connectivity index (χ1) is 7.25. The average molecular weight is 205 g/mol. The first-order valence-electron chi connectivity index (χ1n) is 5.37. The van der Waals surface area contributed by atoms with Crippen molar-refractivity contribution in [3.63, 3.8) is 0 Å². The number of aliphatic carboxylic acids is 1. The van der Waals surface area contributed by atoms with Gasteiger partial charge in [0.2, 0.25) is 0 Å². The third-order valence-corrected chi connectivity index (χ3v) is 2.89. The second-order valence-corrected chi connectivity index (χ2v) is 4.26. The lowest BCUT2D eigenvalue weighted by atomic mass is 9.92. The maximum Gasteiger partial charge on any atom is 0.303 e. The van der Waals surface area contributed by atoms with Crippen molar-refractivity contribution >= 4 is 5.97 Å². The van der Waals surface area contributed by atoms with E-state index in [4.69, 9.17) is 5.11 Å². The molecule has 0 saturated heterocycles. The van der Waals surface area contributed by atoms with Gasteiger partial charge in [-0.1, -0.05) is 18.9 Å². The van der Waals surface area contributed by atoms with E-state index in [9.17, 15) is 4.79 Å². The molecule has 1 aromatic heterocycles. The largest absolute Gasteiger partial charge is 0.481 e. The summed E-state index contributed by atoms with van der Waals surface area (Å²) in [5, 5.41) is 8.86. The molecule has 0 aromatic carbocycles. The fourth-order valence-electron chi connectivity index (χ4n) is 1.92. The fourth-order valence-corrected chi connectivity index (χ4v) is 1.92. The molecule has 3 heteroatoms. The van der Waals surface area contributed by atoms with Crippen LogP contribution in [0.5, 0.6) is 0 Å². The van der Waals surface area contributed by atoms with Crippen molar-refractivity contribution in [1.29, 1.82) is 0 Å². The van der Waals surface area contributed by atoms with E-state index in [1.807, 2.05) is 12.1 Å². The van der Waals surface area contributed by atoms with Gasteiger partial charge in [0.05, 0.1) is 6.42 Å². The summed E-state index contributed by atoms with van der Waals surface area (Å²) in [6.07, 6.45) is 7.25. The number of carbonyl (C=O) groups is 1. The summed E-state index contributed by atoms with van der Waals surface area (Å²) in [5.41, 5.74) is 1.06. The van der Waals surface area contributed by atoms with Crippen LogP contribution in [0.2, 0.25) is 0 Å². The first-order valence-corrected chi connectivity index (χ1v) is 5.37. The van der Waals surface area contributed by atoms with Gasteiger partial charge in [0.1, 0.15) is 0 Å². The van der Waals surface area contributed by atoms with Crippen LogP contribution in [0.4, 0.5) is 0 Å². The standard InChI is InChI=1S/C12H15NO2/c14-12(15)7-11(6-9-3-4-9)10-2-1-5-13-8-10/h1-2,5,8-9,11H,3-4,6-7H2,(H,14,15)/t11-/m1/s1. The number of aromatic nitrogens is 1. The summed E-state index contributed by atoms with van der Waals surface area (Å²) in [6.45, 7) is 0. The molecule has 1 aromatic rings. The van der Waals surface area contributed by atoms with Gasteiger partial charge in [-0.2, -0.15) is 0 Å². The number of rotatable bonds is 5. The normalized spacial score (nSPS) is 17.3. The maximum atomic E-state index is 10.8. The molecule has 80 valence electrons. The molecule has 3 nitrogen and oxygen atoms in total. The molecule has 1 atom stereocenters. The van der Waals surface area contributed by atoms with Gasteiger partial charge in [-0.05, 0) is 29.9 Å². The molecule has 0 amide bonds. The summed E-state index contributed by atoms with van der Waals surface area (Å²) in [5.74, 6) is 0.169. The SMILES string of the molecule is O=C(O)C[C@@H](CC1CC1)c1cccnc1. The topological polar surface area (TPSA) is 50.2 Å². The molecule has 1 fully saturated rings. The van der Waals surface area contributed by atoms with Crippen LogP contribution in [-0.2, 0) is 4.79 Å². The molecule has 1 aliphatic rings. The van der Waals surface area contributed by atoms with Crippen molar-refractivity contribution in [2.75, 3.05) is 0 Å². The minimum Gasteiger partial charge on any atom is -0.481 e. The van der Waals surface area contributed by atoms with Crippen LogP contribution in [0.1, 0.15) is 37.2 Å². The Morgan fingerprint density at radius 3 is 2.93 bits per heavy atom. The van der Waals surface area contributed by atoms with E-state index in [0.29, 0.717) is 0 Å². The molecule has 0 spiro atoms. The highest BCUT2D eigenvalue weighted by atomic mass is 16.4. The van der Waals surface area contributed by atoms with E-state index in [2.05, 4.69) is 4.98 Å². The highest BCUT2D eigenvalue weighted by Gasteiger charge is 2.27. The Hall–Kier alpha value is -1.38. The quantitative estimate of drug-likeness (QED) is 0.803. The van der Waals surface area contributed by atoms with E-state index >= 15 is 0 Å². The molecule has 1 heterocycles. The molecule has 0 radical (unpaired) electrons. The second-order valence-electron chi connectivity index (χ2n) is 4.26. The Morgan fingerprint density at radius 1 is 1.60 bits per heavy atom. The molecule has 2 rings (SSSR count). The van der Waals surface area contributed by atoms with Gasteiger partial charge < -0.3 is 5.11 Å². The Kier molecular flexibility index (Phi) is 2.99. The zero-order chi connectivity index (χ0) is 10.7. The molecule has 1 saturated carbocycles. The molecule has 1 N–H and O–H groups in total. The average Bonchev–Trinajstić information content (AvgIpc) is 3.01. The van der Waals surface area contributed by atoms with Gasteiger partial charge in [-0.15, -0.1) is 0 Å². The number of nitrogens with zero attached hydrogens (tertiary/aromatic N) is 1. The van der Waals surface area contributed by atoms with Gasteiger partial charge >= 0.3 is 5.97 Å². The summed E-state index contributed by atoms with van der Waals surface area (Å²) in [6, 6.07) is 3.85. The summed E-state index contributed by atoms with van der Waals surface area (Å²) < 4.78 is 0. The van der Waals surface area contributed by atoms with Crippen molar-refractivity contribution in [3.05, 3.63) is 30.1 Å².